The van der Waals surface area contributed by atoms with Crippen molar-refractivity contribution in [3.8, 4) is 0 Å². The lowest BCUT2D eigenvalue weighted by atomic mass is 10.1. The molecular formula is C13H19NO4. The molecule has 0 bridgehead atoms. The van der Waals surface area contributed by atoms with E-state index in [-0.39, 0.29) is 0 Å². The van der Waals surface area contributed by atoms with Crippen molar-refractivity contribution in [1.29, 1.82) is 0 Å². The van der Waals surface area contributed by atoms with Crippen molar-refractivity contribution in [2.45, 2.75) is 31.6 Å². The summed E-state index contributed by atoms with van der Waals surface area (Å²) in [7, 11) is 0. The Bertz CT molecular complexity index is 355. The molecule has 0 aromatic heterocycles. The summed E-state index contributed by atoms with van der Waals surface area (Å²) in [6.45, 7) is 0.986. The molecule has 4 N–H and O–H groups in total. The van der Waals surface area contributed by atoms with Gasteiger partial charge >= 0.3 is 5.97 Å². The number of carbonyl (C=O) groups is 1. The van der Waals surface area contributed by atoms with Gasteiger partial charge in [0.2, 0.25) is 0 Å². The molecule has 0 unspecified atom stereocenters. The molecule has 0 aliphatic heterocycles. The highest BCUT2D eigenvalue weighted by molar-refractivity contribution is 5.73. The molecule has 0 heterocycles. The highest BCUT2D eigenvalue weighted by Crippen LogP contribution is 2.04. The van der Waals surface area contributed by atoms with Crippen molar-refractivity contribution >= 4 is 5.97 Å². The highest BCUT2D eigenvalue weighted by atomic mass is 16.5. The van der Waals surface area contributed by atoms with E-state index in [1.165, 1.54) is 0 Å². The van der Waals surface area contributed by atoms with E-state index in [4.69, 9.17) is 15.6 Å². The van der Waals surface area contributed by atoms with Gasteiger partial charge in [-0.05, 0) is 18.4 Å². The summed E-state index contributed by atoms with van der Waals surface area (Å²) in [4.78, 5) is 10.5. The van der Waals surface area contributed by atoms with Crippen LogP contribution in [0, 0.1) is 0 Å². The molecule has 1 aromatic rings. The number of aliphatic hydroxyl groups is 1. The van der Waals surface area contributed by atoms with E-state index in [9.17, 15) is 9.90 Å². The predicted molar refractivity (Wildman–Crippen MR) is 67.0 cm³/mol. The lowest BCUT2D eigenvalue weighted by Gasteiger charge is -2.14. The Hall–Kier alpha value is -1.43. The molecule has 0 spiro atoms. The monoisotopic (exact) mass is 253 g/mol. The zero-order chi connectivity index (χ0) is 13.4. The molecule has 0 saturated carbocycles. The summed E-state index contributed by atoms with van der Waals surface area (Å²) in [5.41, 5.74) is 6.36. The number of carboxylic acids is 1. The van der Waals surface area contributed by atoms with Gasteiger partial charge in [-0.3, -0.25) is 4.79 Å². The fraction of sp³-hybridized carbons (Fsp3) is 0.462. The summed E-state index contributed by atoms with van der Waals surface area (Å²) in [5, 5.41) is 18.0. The van der Waals surface area contributed by atoms with Crippen molar-refractivity contribution in [2.24, 2.45) is 5.73 Å². The first-order valence-electron chi connectivity index (χ1n) is 5.89. The smallest absolute Gasteiger partial charge is 0.323 e. The number of aliphatic hydroxyl groups excluding tert-OH is 1. The van der Waals surface area contributed by atoms with Crippen molar-refractivity contribution in [3.63, 3.8) is 0 Å². The zero-order valence-electron chi connectivity index (χ0n) is 10.2. The number of carboxylic acid groups (broad SMARTS) is 1. The van der Waals surface area contributed by atoms with E-state index in [1.54, 1.807) is 0 Å². The molecule has 5 heteroatoms. The van der Waals surface area contributed by atoms with Crippen LogP contribution >= 0.6 is 0 Å². The van der Waals surface area contributed by atoms with Gasteiger partial charge in [-0.1, -0.05) is 30.3 Å². The molecule has 0 fully saturated rings. The van der Waals surface area contributed by atoms with E-state index in [1.807, 2.05) is 30.3 Å². The minimum atomic E-state index is -1.22. The summed E-state index contributed by atoms with van der Waals surface area (Å²) in [6.07, 6.45) is -0.125. The normalized spacial score (nSPS) is 14.1. The molecule has 5 nitrogen and oxygen atoms in total. The molecular weight excluding hydrogens is 234 g/mol. The number of ether oxygens (including phenoxy) is 1. The first kappa shape index (κ1) is 14.6. The van der Waals surface area contributed by atoms with Gasteiger partial charge in [-0.2, -0.15) is 0 Å². The number of nitrogens with two attached hydrogens (primary N) is 1. The van der Waals surface area contributed by atoms with Crippen LogP contribution in [-0.2, 0) is 16.1 Å². The number of hydrogen-bond acceptors (Lipinski definition) is 4. The lowest BCUT2D eigenvalue weighted by Crippen LogP contribution is -2.41. The summed E-state index contributed by atoms with van der Waals surface area (Å²) in [6, 6.07) is 8.53. The fourth-order valence-electron chi connectivity index (χ4n) is 1.50. The van der Waals surface area contributed by atoms with Crippen LogP contribution in [0.4, 0.5) is 0 Å². The molecule has 0 saturated heterocycles. The molecule has 0 aliphatic rings. The SMILES string of the molecule is N[C@H](C(=O)O)[C@@H](O)CCCOCc1ccccc1. The maximum atomic E-state index is 10.5. The first-order valence-corrected chi connectivity index (χ1v) is 5.89. The van der Waals surface area contributed by atoms with Gasteiger partial charge in [0.1, 0.15) is 6.04 Å². The van der Waals surface area contributed by atoms with Crippen LogP contribution < -0.4 is 5.73 Å². The average Bonchev–Trinajstić information content (AvgIpc) is 2.38. The van der Waals surface area contributed by atoms with E-state index < -0.39 is 18.1 Å². The van der Waals surface area contributed by atoms with Crippen LogP contribution in [0.2, 0.25) is 0 Å². The largest absolute Gasteiger partial charge is 0.480 e. The predicted octanol–water partition coefficient (Wildman–Crippen LogP) is 0.756. The van der Waals surface area contributed by atoms with E-state index in [2.05, 4.69) is 0 Å². The Kier molecular flexibility index (Phi) is 6.35. The maximum Gasteiger partial charge on any atom is 0.323 e. The fourth-order valence-corrected chi connectivity index (χ4v) is 1.50. The molecule has 0 aliphatic carbocycles. The van der Waals surface area contributed by atoms with Gasteiger partial charge in [-0.15, -0.1) is 0 Å². The van der Waals surface area contributed by atoms with Gasteiger partial charge in [0.15, 0.2) is 0 Å². The second-order valence-corrected chi connectivity index (χ2v) is 4.11. The Balaban J connectivity index is 2.10. The Morgan fingerprint density at radius 1 is 1.33 bits per heavy atom. The number of benzene rings is 1. The van der Waals surface area contributed by atoms with E-state index in [0.717, 1.165) is 5.56 Å². The topological polar surface area (TPSA) is 92.8 Å². The first-order chi connectivity index (χ1) is 8.61. The number of rotatable bonds is 8. The van der Waals surface area contributed by atoms with Gasteiger partial charge in [0.05, 0.1) is 12.7 Å². The second-order valence-electron chi connectivity index (χ2n) is 4.11. The van der Waals surface area contributed by atoms with Crippen LogP contribution in [0.25, 0.3) is 0 Å². The van der Waals surface area contributed by atoms with Gasteiger partial charge in [-0.25, -0.2) is 0 Å². The van der Waals surface area contributed by atoms with Crippen LogP contribution in [-0.4, -0.2) is 34.9 Å². The van der Waals surface area contributed by atoms with E-state index >= 15 is 0 Å². The minimum absolute atomic E-state index is 0.322. The molecule has 0 amide bonds. The summed E-state index contributed by atoms with van der Waals surface area (Å²) in [5.74, 6) is -1.19. The van der Waals surface area contributed by atoms with Gasteiger partial charge < -0.3 is 20.7 Å². The summed E-state index contributed by atoms with van der Waals surface area (Å²) >= 11 is 0. The second kappa shape index (κ2) is 7.81. The van der Waals surface area contributed by atoms with Crippen molar-refractivity contribution in [3.05, 3.63) is 35.9 Å². The third kappa shape index (κ3) is 5.27. The molecule has 0 radical (unpaired) electrons. The Morgan fingerprint density at radius 3 is 2.61 bits per heavy atom. The Morgan fingerprint density at radius 2 is 2.00 bits per heavy atom. The van der Waals surface area contributed by atoms with Crippen LogP contribution in [0.3, 0.4) is 0 Å². The van der Waals surface area contributed by atoms with Crippen molar-refractivity contribution in [1.82, 2.24) is 0 Å². The zero-order valence-corrected chi connectivity index (χ0v) is 10.2. The molecule has 18 heavy (non-hydrogen) atoms. The third-order valence-corrected chi connectivity index (χ3v) is 2.60. The molecule has 2 atom stereocenters. The Labute approximate surface area is 106 Å². The standard InChI is InChI=1S/C13H19NO4/c14-12(13(16)17)11(15)7-4-8-18-9-10-5-2-1-3-6-10/h1-3,5-6,11-12,15H,4,7-9,14H2,(H,16,17)/t11-,12-/m0/s1. The average molecular weight is 253 g/mol. The third-order valence-electron chi connectivity index (χ3n) is 2.60. The van der Waals surface area contributed by atoms with Gasteiger partial charge in [0.25, 0.3) is 0 Å². The summed E-state index contributed by atoms with van der Waals surface area (Å²) < 4.78 is 5.41. The van der Waals surface area contributed by atoms with E-state index in [0.29, 0.717) is 26.1 Å². The van der Waals surface area contributed by atoms with Crippen LogP contribution in [0.1, 0.15) is 18.4 Å². The number of aliphatic carboxylic acids is 1. The quantitative estimate of drug-likeness (QED) is 0.595. The maximum absolute atomic E-state index is 10.5. The molecule has 1 rings (SSSR count). The van der Waals surface area contributed by atoms with Crippen LogP contribution in [0.15, 0.2) is 30.3 Å². The molecule has 1 aromatic carbocycles. The minimum Gasteiger partial charge on any atom is -0.480 e. The lowest BCUT2D eigenvalue weighted by molar-refractivity contribution is -0.141. The van der Waals surface area contributed by atoms with Crippen molar-refractivity contribution < 1.29 is 19.7 Å². The molecule has 100 valence electrons. The van der Waals surface area contributed by atoms with Gasteiger partial charge in [0, 0.05) is 6.61 Å². The van der Waals surface area contributed by atoms with Crippen LogP contribution in [0.5, 0.6) is 0 Å². The van der Waals surface area contributed by atoms with Crippen molar-refractivity contribution in [2.75, 3.05) is 6.61 Å². The highest BCUT2D eigenvalue weighted by Gasteiger charge is 2.20. The number of hydrogen-bond donors (Lipinski definition) is 3.